The topological polar surface area (TPSA) is 69.6 Å². The van der Waals surface area contributed by atoms with Crippen molar-refractivity contribution in [1.82, 2.24) is 9.38 Å². The maximum absolute atomic E-state index is 14.2. The smallest absolute Gasteiger partial charge is 0.189 e. The summed E-state index contributed by atoms with van der Waals surface area (Å²) in [5, 5.41) is 0. The lowest BCUT2D eigenvalue weighted by atomic mass is 10.1. The second-order valence-electron chi connectivity index (χ2n) is 6.37. The van der Waals surface area contributed by atoms with Crippen LogP contribution in [0.5, 0.6) is 5.75 Å². The Morgan fingerprint density at radius 3 is 2.81 bits per heavy atom. The van der Waals surface area contributed by atoms with Gasteiger partial charge in [-0.05, 0) is 24.6 Å². The number of nitrogens with two attached hydrogens (primary N) is 1. The summed E-state index contributed by atoms with van der Waals surface area (Å²) in [7, 11) is 0. The second-order valence-corrected chi connectivity index (χ2v) is 6.37. The van der Waals surface area contributed by atoms with Crippen LogP contribution in [0.15, 0.2) is 36.5 Å². The van der Waals surface area contributed by atoms with Crippen molar-refractivity contribution >= 4 is 17.2 Å². The lowest BCUT2D eigenvalue weighted by Crippen LogP contribution is -2.10. The number of ketones is 1. The molecular weight excluding hydrogens is 359 g/mol. The van der Waals surface area contributed by atoms with Gasteiger partial charge in [-0.2, -0.15) is 0 Å². The number of rotatable bonds is 6. The molecule has 0 unspecified atom stereocenters. The first-order valence-electron chi connectivity index (χ1n) is 8.44. The number of para-hydroxylation sites is 1. The average Bonchev–Trinajstić information content (AvgIpc) is 3.29. The van der Waals surface area contributed by atoms with E-state index in [4.69, 9.17) is 10.5 Å². The van der Waals surface area contributed by atoms with Crippen LogP contribution in [0.3, 0.4) is 0 Å². The van der Waals surface area contributed by atoms with Crippen molar-refractivity contribution in [3.05, 3.63) is 48.0 Å². The molecule has 4 rings (SSSR count). The number of nitrogens with zero attached hydrogens (tertiary/aromatic N) is 2. The fraction of sp³-hybridized carbons (Fsp3) is 0.263. The number of benzene rings is 1. The van der Waals surface area contributed by atoms with E-state index >= 15 is 0 Å². The number of aromatic nitrogens is 2. The quantitative estimate of drug-likeness (QED) is 0.668. The fourth-order valence-electron chi connectivity index (χ4n) is 3.10. The standard InChI is InChI=1S/C19H16F3N3O2/c20-6-7-27-18-11(2-1-3-13(18)21)10-4-5-15-24-19(23)16(25(15)9-10)17(26)12-8-14(12)22/h1-5,9,12,14H,6-8,23H2/t12-,14+/m0/s1. The molecular formula is C19H16F3N3O2. The molecule has 1 saturated carbocycles. The van der Waals surface area contributed by atoms with Crippen LogP contribution in [0.4, 0.5) is 19.0 Å². The van der Waals surface area contributed by atoms with Gasteiger partial charge in [-0.25, -0.2) is 18.2 Å². The Balaban J connectivity index is 1.83. The molecule has 27 heavy (non-hydrogen) atoms. The van der Waals surface area contributed by atoms with Gasteiger partial charge in [0.1, 0.15) is 30.8 Å². The van der Waals surface area contributed by atoms with Crippen molar-refractivity contribution < 1.29 is 22.7 Å². The number of imidazole rings is 1. The second kappa shape index (κ2) is 6.61. The molecule has 3 aromatic rings. The van der Waals surface area contributed by atoms with Crippen LogP contribution in [0.1, 0.15) is 16.9 Å². The van der Waals surface area contributed by atoms with Crippen LogP contribution < -0.4 is 10.5 Å². The Hall–Kier alpha value is -3.03. The maximum Gasteiger partial charge on any atom is 0.189 e. The zero-order valence-electron chi connectivity index (χ0n) is 14.2. The van der Waals surface area contributed by atoms with E-state index in [0.717, 1.165) is 0 Å². The molecule has 0 spiro atoms. The SMILES string of the molecule is Nc1nc2ccc(-c3cccc(F)c3OCCF)cn2c1C(=O)[C@H]1C[C@H]1F. The summed E-state index contributed by atoms with van der Waals surface area (Å²) < 4.78 is 46.6. The minimum atomic E-state index is -1.16. The summed E-state index contributed by atoms with van der Waals surface area (Å²) >= 11 is 0. The lowest BCUT2D eigenvalue weighted by Gasteiger charge is -2.12. The highest BCUT2D eigenvalue weighted by Crippen LogP contribution is 2.38. The van der Waals surface area contributed by atoms with E-state index < -0.39 is 30.4 Å². The molecule has 5 nitrogen and oxygen atoms in total. The van der Waals surface area contributed by atoms with Crippen LogP contribution >= 0.6 is 0 Å². The van der Waals surface area contributed by atoms with E-state index in [0.29, 0.717) is 16.8 Å². The minimum absolute atomic E-state index is 0.0180. The van der Waals surface area contributed by atoms with Gasteiger partial charge in [0, 0.05) is 17.3 Å². The summed E-state index contributed by atoms with van der Waals surface area (Å²) in [6, 6.07) is 7.63. The number of nitrogen functional groups attached to an aromatic ring is 1. The molecule has 8 heteroatoms. The van der Waals surface area contributed by atoms with E-state index in [-0.39, 0.29) is 30.3 Å². The number of carbonyl (C=O) groups excluding carboxylic acids is 1. The minimum Gasteiger partial charge on any atom is -0.487 e. The van der Waals surface area contributed by atoms with E-state index in [1.165, 1.54) is 16.5 Å². The molecule has 140 valence electrons. The number of alkyl halides is 2. The lowest BCUT2D eigenvalue weighted by molar-refractivity contribution is 0.0952. The Morgan fingerprint density at radius 1 is 1.33 bits per heavy atom. The summed E-state index contributed by atoms with van der Waals surface area (Å²) in [5.74, 6) is -1.79. The van der Waals surface area contributed by atoms with Gasteiger partial charge in [-0.1, -0.05) is 12.1 Å². The van der Waals surface area contributed by atoms with Gasteiger partial charge in [0.05, 0.1) is 5.92 Å². The molecule has 0 saturated heterocycles. The third kappa shape index (κ3) is 3.01. The zero-order chi connectivity index (χ0) is 19.1. The van der Waals surface area contributed by atoms with E-state index in [2.05, 4.69) is 4.98 Å². The van der Waals surface area contributed by atoms with E-state index in [9.17, 15) is 18.0 Å². The molecule has 2 aromatic heterocycles. The first-order chi connectivity index (χ1) is 13.0. The molecule has 2 heterocycles. The Bertz CT molecular complexity index is 1030. The maximum atomic E-state index is 14.2. The molecule has 0 aliphatic heterocycles. The summed E-state index contributed by atoms with van der Waals surface area (Å²) in [6.07, 6.45) is 0.587. The molecule has 2 N–H and O–H groups in total. The van der Waals surface area contributed by atoms with Gasteiger partial charge in [0.25, 0.3) is 0 Å². The molecule has 1 aliphatic carbocycles. The van der Waals surface area contributed by atoms with Gasteiger partial charge >= 0.3 is 0 Å². The van der Waals surface area contributed by atoms with Crippen molar-refractivity contribution in [2.45, 2.75) is 12.6 Å². The van der Waals surface area contributed by atoms with Gasteiger partial charge in [0.15, 0.2) is 23.2 Å². The number of pyridine rings is 1. The van der Waals surface area contributed by atoms with Crippen molar-refractivity contribution in [3.8, 4) is 16.9 Å². The Morgan fingerprint density at radius 2 is 2.11 bits per heavy atom. The van der Waals surface area contributed by atoms with Crippen LogP contribution in [0, 0.1) is 11.7 Å². The number of hydrogen-bond donors (Lipinski definition) is 1. The third-order valence-corrected chi connectivity index (χ3v) is 4.53. The monoisotopic (exact) mass is 375 g/mol. The highest BCUT2D eigenvalue weighted by atomic mass is 19.1. The summed E-state index contributed by atoms with van der Waals surface area (Å²) in [6.45, 7) is -1.03. The number of anilines is 1. The van der Waals surface area contributed by atoms with Crippen molar-refractivity contribution in [3.63, 3.8) is 0 Å². The van der Waals surface area contributed by atoms with Crippen molar-refractivity contribution in [1.29, 1.82) is 0 Å². The first kappa shape index (κ1) is 17.4. The number of halogens is 3. The Kier molecular flexibility index (Phi) is 4.25. The normalized spacial score (nSPS) is 18.6. The number of ether oxygens (including phenoxy) is 1. The number of hydrogen-bond acceptors (Lipinski definition) is 4. The van der Waals surface area contributed by atoms with Gasteiger partial charge in [-0.3, -0.25) is 9.20 Å². The first-order valence-corrected chi connectivity index (χ1v) is 8.44. The van der Waals surface area contributed by atoms with Crippen LogP contribution in [-0.2, 0) is 0 Å². The number of fused-ring (bicyclic) bond motifs is 1. The predicted molar refractivity (Wildman–Crippen MR) is 93.8 cm³/mol. The van der Waals surface area contributed by atoms with Crippen molar-refractivity contribution in [2.24, 2.45) is 5.92 Å². The molecule has 1 aromatic carbocycles. The molecule has 0 amide bonds. The molecule has 2 atom stereocenters. The molecule has 0 radical (unpaired) electrons. The molecule has 1 fully saturated rings. The van der Waals surface area contributed by atoms with Gasteiger partial charge < -0.3 is 10.5 Å². The average molecular weight is 375 g/mol. The fourth-order valence-corrected chi connectivity index (χ4v) is 3.10. The largest absolute Gasteiger partial charge is 0.487 e. The Labute approximate surface area is 152 Å². The highest BCUT2D eigenvalue weighted by molar-refractivity contribution is 6.03. The van der Waals surface area contributed by atoms with Crippen LogP contribution in [0.25, 0.3) is 16.8 Å². The number of Topliss-reactive ketones (excluding diaryl/α,β-unsaturated/α-hetero) is 1. The molecule has 1 aliphatic rings. The highest BCUT2D eigenvalue weighted by Gasteiger charge is 2.45. The van der Waals surface area contributed by atoms with Gasteiger partial charge in [0.2, 0.25) is 0 Å². The number of carbonyl (C=O) groups is 1. The van der Waals surface area contributed by atoms with Gasteiger partial charge in [-0.15, -0.1) is 0 Å². The summed E-state index contributed by atoms with van der Waals surface area (Å²) in [5.41, 5.74) is 7.32. The zero-order valence-corrected chi connectivity index (χ0v) is 14.2. The third-order valence-electron chi connectivity index (χ3n) is 4.53. The van der Waals surface area contributed by atoms with Crippen LogP contribution in [-0.4, -0.2) is 34.6 Å². The van der Waals surface area contributed by atoms with Crippen molar-refractivity contribution in [2.75, 3.05) is 19.0 Å². The summed E-state index contributed by atoms with van der Waals surface area (Å²) in [4.78, 5) is 16.7. The van der Waals surface area contributed by atoms with Crippen LogP contribution in [0.2, 0.25) is 0 Å². The molecule has 0 bridgehead atoms. The van der Waals surface area contributed by atoms with E-state index in [1.807, 2.05) is 0 Å². The van der Waals surface area contributed by atoms with E-state index in [1.54, 1.807) is 24.4 Å². The predicted octanol–water partition coefficient (Wildman–Crippen LogP) is 3.61.